The molecule has 1 aliphatic rings. The van der Waals surface area contributed by atoms with E-state index in [4.69, 9.17) is 4.42 Å². The summed E-state index contributed by atoms with van der Waals surface area (Å²) in [6, 6.07) is 9.98. The van der Waals surface area contributed by atoms with Crippen LogP contribution in [0.4, 0.5) is 0 Å². The fraction of sp³-hybridized carbons (Fsp3) is 0.214. The predicted molar refractivity (Wildman–Crippen MR) is 61.2 cm³/mol. The lowest BCUT2D eigenvalue weighted by molar-refractivity contribution is -0.118. The first kappa shape index (κ1) is 9.40. The van der Waals surface area contributed by atoms with Crippen molar-refractivity contribution in [3.63, 3.8) is 0 Å². The van der Waals surface area contributed by atoms with Crippen molar-refractivity contribution in [1.82, 2.24) is 0 Å². The topological polar surface area (TPSA) is 30.2 Å². The lowest BCUT2D eigenvalue weighted by atomic mass is 9.87. The maximum absolute atomic E-state index is 11.5. The number of hydrogen-bond acceptors (Lipinski definition) is 2. The number of aryl methyl sites for hydroxylation is 1. The second-order valence-corrected chi connectivity index (χ2v) is 4.14. The Morgan fingerprint density at radius 2 is 2.00 bits per heavy atom. The molecule has 0 N–H and O–H groups in total. The van der Waals surface area contributed by atoms with Crippen LogP contribution in [0.2, 0.25) is 0 Å². The second-order valence-electron chi connectivity index (χ2n) is 4.14. The van der Waals surface area contributed by atoms with Gasteiger partial charge in [0.1, 0.15) is 11.5 Å². The van der Waals surface area contributed by atoms with Gasteiger partial charge in [-0.3, -0.25) is 4.79 Å². The molecule has 2 nitrogen and oxygen atoms in total. The van der Waals surface area contributed by atoms with E-state index in [-0.39, 0.29) is 0 Å². The zero-order chi connectivity index (χ0) is 11.0. The molecule has 3 rings (SSSR count). The van der Waals surface area contributed by atoms with Crippen molar-refractivity contribution in [2.45, 2.75) is 19.3 Å². The highest BCUT2D eigenvalue weighted by molar-refractivity contribution is 5.86. The quantitative estimate of drug-likeness (QED) is 0.727. The Hall–Kier alpha value is -1.83. The van der Waals surface area contributed by atoms with Crippen LogP contribution in [0.5, 0.6) is 0 Å². The standard InChI is InChI=1S/C14H12O2/c15-11-7-6-10-3-1-4-12(13(10)9-11)14-5-2-8-16-14/h1-5,8H,6-7,9H2. The van der Waals surface area contributed by atoms with E-state index in [1.807, 2.05) is 24.3 Å². The summed E-state index contributed by atoms with van der Waals surface area (Å²) < 4.78 is 5.41. The number of Topliss-reactive ketones (excluding diaryl/α,β-unsaturated/α-hetero) is 1. The molecule has 0 fully saturated rings. The van der Waals surface area contributed by atoms with Crippen LogP contribution in [0.15, 0.2) is 41.0 Å². The van der Waals surface area contributed by atoms with Gasteiger partial charge in [0, 0.05) is 18.4 Å². The van der Waals surface area contributed by atoms with E-state index in [0.717, 1.165) is 23.3 Å². The molecular weight excluding hydrogens is 200 g/mol. The van der Waals surface area contributed by atoms with Gasteiger partial charge in [0.05, 0.1) is 6.26 Å². The third-order valence-corrected chi connectivity index (χ3v) is 3.11. The average molecular weight is 212 g/mol. The van der Waals surface area contributed by atoms with Gasteiger partial charge >= 0.3 is 0 Å². The van der Waals surface area contributed by atoms with Crippen molar-refractivity contribution in [3.05, 3.63) is 47.7 Å². The third kappa shape index (κ3) is 1.47. The third-order valence-electron chi connectivity index (χ3n) is 3.11. The number of benzene rings is 1. The number of ketones is 1. The van der Waals surface area contributed by atoms with Gasteiger partial charge < -0.3 is 4.42 Å². The van der Waals surface area contributed by atoms with Crippen LogP contribution in [-0.4, -0.2) is 5.78 Å². The number of hydrogen-bond donors (Lipinski definition) is 0. The van der Waals surface area contributed by atoms with Crippen molar-refractivity contribution in [2.24, 2.45) is 0 Å². The average Bonchev–Trinajstić information content (AvgIpc) is 2.81. The summed E-state index contributed by atoms with van der Waals surface area (Å²) in [5, 5.41) is 0. The lowest BCUT2D eigenvalue weighted by Crippen LogP contribution is -2.14. The Bertz CT molecular complexity index is 524. The maximum atomic E-state index is 11.5. The molecule has 1 aromatic carbocycles. The van der Waals surface area contributed by atoms with E-state index in [0.29, 0.717) is 18.6 Å². The van der Waals surface area contributed by atoms with Crippen LogP contribution in [0, 0.1) is 0 Å². The summed E-state index contributed by atoms with van der Waals surface area (Å²) in [4.78, 5) is 11.5. The monoisotopic (exact) mass is 212 g/mol. The zero-order valence-corrected chi connectivity index (χ0v) is 8.90. The summed E-state index contributed by atoms with van der Waals surface area (Å²) in [6.45, 7) is 0. The van der Waals surface area contributed by atoms with Gasteiger partial charge in [0.2, 0.25) is 0 Å². The molecule has 2 heteroatoms. The SMILES string of the molecule is O=C1CCc2cccc(-c3ccco3)c2C1. The Kier molecular flexibility index (Phi) is 2.13. The minimum Gasteiger partial charge on any atom is -0.464 e. The number of fused-ring (bicyclic) bond motifs is 1. The highest BCUT2D eigenvalue weighted by Gasteiger charge is 2.19. The van der Waals surface area contributed by atoms with E-state index in [1.165, 1.54) is 5.56 Å². The molecule has 0 bridgehead atoms. The lowest BCUT2D eigenvalue weighted by Gasteiger charge is -2.17. The van der Waals surface area contributed by atoms with E-state index in [9.17, 15) is 4.79 Å². The second kappa shape index (κ2) is 3.63. The van der Waals surface area contributed by atoms with E-state index >= 15 is 0 Å². The van der Waals surface area contributed by atoms with Gasteiger partial charge in [-0.15, -0.1) is 0 Å². The van der Waals surface area contributed by atoms with Crippen molar-refractivity contribution in [2.75, 3.05) is 0 Å². The van der Waals surface area contributed by atoms with Crippen molar-refractivity contribution >= 4 is 5.78 Å². The summed E-state index contributed by atoms with van der Waals surface area (Å²) >= 11 is 0. The Balaban J connectivity index is 2.16. The van der Waals surface area contributed by atoms with E-state index in [1.54, 1.807) is 6.26 Å². The van der Waals surface area contributed by atoms with Crippen molar-refractivity contribution < 1.29 is 9.21 Å². The van der Waals surface area contributed by atoms with Gasteiger partial charge in [0.25, 0.3) is 0 Å². The van der Waals surface area contributed by atoms with E-state index in [2.05, 4.69) is 6.07 Å². The van der Waals surface area contributed by atoms with Crippen LogP contribution in [0.1, 0.15) is 17.5 Å². The van der Waals surface area contributed by atoms with Crippen LogP contribution in [0.3, 0.4) is 0 Å². The van der Waals surface area contributed by atoms with Crippen LogP contribution in [0.25, 0.3) is 11.3 Å². The normalized spacial score (nSPS) is 14.9. The first-order chi connectivity index (χ1) is 7.84. The number of carbonyl (C=O) groups excluding carboxylic acids is 1. The molecule has 0 atom stereocenters. The first-order valence-corrected chi connectivity index (χ1v) is 5.51. The molecule has 1 heterocycles. The fourth-order valence-electron chi connectivity index (χ4n) is 2.30. The molecule has 16 heavy (non-hydrogen) atoms. The molecule has 1 aliphatic carbocycles. The van der Waals surface area contributed by atoms with Crippen molar-refractivity contribution in [1.29, 1.82) is 0 Å². The predicted octanol–water partition coefficient (Wildman–Crippen LogP) is 3.00. The summed E-state index contributed by atoms with van der Waals surface area (Å²) in [6.07, 6.45) is 3.75. The molecule has 0 spiro atoms. The summed E-state index contributed by atoms with van der Waals surface area (Å²) in [5.41, 5.74) is 3.50. The number of rotatable bonds is 1. The Morgan fingerprint density at radius 1 is 1.06 bits per heavy atom. The first-order valence-electron chi connectivity index (χ1n) is 5.51. The Morgan fingerprint density at radius 3 is 2.81 bits per heavy atom. The highest BCUT2D eigenvalue weighted by Crippen LogP contribution is 2.30. The smallest absolute Gasteiger partial charge is 0.137 e. The largest absolute Gasteiger partial charge is 0.464 e. The molecule has 80 valence electrons. The van der Waals surface area contributed by atoms with Gasteiger partial charge in [-0.25, -0.2) is 0 Å². The summed E-state index contributed by atoms with van der Waals surface area (Å²) in [7, 11) is 0. The molecule has 0 saturated heterocycles. The zero-order valence-electron chi connectivity index (χ0n) is 8.90. The molecule has 0 saturated carbocycles. The fourth-order valence-corrected chi connectivity index (χ4v) is 2.30. The molecule has 2 aromatic rings. The van der Waals surface area contributed by atoms with Crippen LogP contribution in [-0.2, 0) is 17.6 Å². The summed E-state index contributed by atoms with van der Waals surface area (Å²) in [5.74, 6) is 1.18. The highest BCUT2D eigenvalue weighted by atomic mass is 16.3. The molecule has 0 unspecified atom stereocenters. The van der Waals surface area contributed by atoms with Crippen LogP contribution >= 0.6 is 0 Å². The molecule has 1 aromatic heterocycles. The minimum atomic E-state index is 0.325. The van der Waals surface area contributed by atoms with Gasteiger partial charge in [0.15, 0.2) is 0 Å². The number of furan rings is 1. The van der Waals surface area contributed by atoms with Gasteiger partial charge in [-0.1, -0.05) is 18.2 Å². The molecule has 0 amide bonds. The van der Waals surface area contributed by atoms with Gasteiger partial charge in [-0.2, -0.15) is 0 Å². The Labute approximate surface area is 93.9 Å². The van der Waals surface area contributed by atoms with E-state index < -0.39 is 0 Å². The maximum Gasteiger partial charge on any atom is 0.137 e. The molecule has 0 radical (unpaired) electrons. The number of carbonyl (C=O) groups is 1. The van der Waals surface area contributed by atoms with Crippen molar-refractivity contribution in [3.8, 4) is 11.3 Å². The van der Waals surface area contributed by atoms with Crippen LogP contribution < -0.4 is 0 Å². The minimum absolute atomic E-state index is 0.325. The molecule has 0 aliphatic heterocycles. The van der Waals surface area contributed by atoms with Gasteiger partial charge in [-0.05, 0) is 29.7 Å². The molecular formula is C14H12O2.